The van der Waals surface area contributed by atoms with Gasteiger partial charge in [-0.2, -0.15) is 0 Å². The van der Waals surface area contributed by atoms with Crippen LogP contribution in [0, 0.1) is 5.92 Å². The van der Waals surface area contributed by atoms with Crippen LogP contribution in [0.2, 0.25) is 0 Å². The summed E-state index contributed by atoms with van der Waals surface area (Å²) in [6, 6.07) is 8.67. The van der Waals surface area contributed by atoms with Crippen LogP contribution in [0.5, 0.6) is 5.75 Å². The summed E-state index contributed by atoms with van der Waals surface area (Å²) in [7, 11) is 4.29. The quantitative estimate of drug-likeness (QED) is 0.614. The maximum atomic E-state index is 5.83. The fraction of sp³-hybridized carbons (Fsp3) is 0.667. The van der Waals surface area contributed by atoms with Crippen molar-refractivity contribution in [3.8, 4) is 5.75 Å². The van der Waals surface area contributed by atoms with E-state index in [9.17, 15) is 0 Å². The molecule has 2 atom stereocenters. The number of nitrogens with zero attached hydrogens (tertiary/aromatic N) is 1. The van der Waals surface area contributed by atoms with Crippen molar-refractivity contribution in [2.45, 2.75) is 46.0 Å². The molecule has 1 rings (SSSR count). The van der Waals surface area contributed by atoms with Gasteiger partial charge in [0.15, 0.2) is 0 Å². The third-order valence-corrected chi connectivity index (χ3v) is 3.83. The summed E-state index contributed by atoms with van der Waals surface area (Å²) in [6.45, 7) is 8.76. The van der Waals surface area contributed by atoms with E-state index in [-0.39, 0.29) is 0 Å². The van der Waals surface area contributed by atoms with Crippen LogP contribution in [0.1, 0.15) is 51.5 Å². The molecule has 0 heterocycles. The zero-order valence-corrected chi connectivity index (χ0v) is 13.9. The van der Waals surface area contributed by atoms with Gasteiger partial charge in [0.2, 0.25) is 0 Å². The van der Waals surface area contributed by atoms with Crippen LogP contribution in [0.25, 0.3) is 0 Å². The van der Waals surface area contributed by atoms with Gasteiger partial charge < -0.3 is 9.64 Å². The number of unbranched alkanes of at least 4 members (excludes halogenated alkanes) is 1. The average molecular weight is 277 g/mol. The van der Waals surface area contributed by atoms with Gasteiger partial charge in [0.05, 0.1) is 6.61 Å². The van der Waals surface area contributed by atoms with E-state index in [0.29, 0.717) is 11.8 Å². The summed E-state index contributed by atoms with van der Waals surface area (Å²) >= 11 is 0. The van der Waals surface area contributed by atoms with E-state index in [1.54, 1.807) is 0 Å². The molecule has 2 heteroatoms. The number of benzene rings is 1. The van der Waals surface area contributed by atoms with E-state index in [1.807, 2.05) is 0 Å². The summed E-state index contributed by atoms with van der Waals surface area (Å²) in [5.41, 5.74) is 1.41. The zero-order valence-electron chi connectivity index (χ0n) is 13.9. The van der Waals surface area contributed by atoms with Crippen molar-refractivity contribution in [1.82, 2.24) is 4.90 Å². The molecule has 0 bridgehead atoms. The third-order valence-electron chi connectivity index (χ3n) is 3.83. The molecule has 0 unspecified atom stereocenters. The van der Waals surface area contributed by atoms with Crippen molar-refractivity contribution >= 4 is 0 Å². The molecule has 0 amide bonds. The monoisotopic (exact) mass is 277 g/mol. The van der Waals surface area contributed by atoms with Crippen LogP contribution < -0.4 is 4.74 Å². The molecule has 1 aromatic carbocycles. The van der Waals surface area contributed by atoms with Gasteiger partial charge in [-0.05, 0) is 56.5 Å². The van der Waals surface area contributed by atoms with Crippen LogP contribution >= 0.6 is 0 Å². The Hall–Kier alpha value is -1.02. The SMILES string of the molecule is CCCCOc1cccc([C@H](CC)[C@@H](C)CN(C)C)c1. The first kappa shape index (κ1) is 17.0. The van der Waals surface area contributed by atoms with Crippen LogP contribution in [-0.4, -0.2) is 32.1 Å². The van der Waals surface area contributed by atoms with Gasteiger partial charge >= 0.3 is 0 Å². The van der Waals surface area contributed by atoms with Crippen LogP contribution in [-0.2, 0) is 0 Å². The lowest BCUT2D eigenvalue weighted by molar-refractivity contribution is 0.297. The Morgan fingerprint density at radius 3 is 2.55 bits per heavy atom. The maximum absolute atomic E-state index is 5.83. The summed E-state index contributed by atoms with van der Waals surface area (Å²) in [4.78, 5) is 2.27. The minimum Gasteiger partial charge on any atom is -0.494 e. The van der Waals surface area contributed by atoms with Crippen molar-refractivity contribution in [2.24, 2.45) is 5.92 Å². The van der Waals surface area contributed by atoms with E-state index < -0.39 is 0 Å². The van der Waals surface area contributed by atoms with Gasteiger partial charge in [-0.25, -0.2) is 0 Å². The second kappa shape index (κ2) is 9.02. The molecule has 1 aromatic rings. The molecule has 0 radical (unpaired) electrons. The molecule has 0 aliphatic carbocycles. The van der Waals surface area contributed by atoms with E-state index in [2.05, 4.69) is 64.0 Å². The molecule has 0 aromatic heterocycles. The summed E-state index contributed by atoms with van der Waals surface area (Å²) in [5.74, 6) is 2.28. The van der Waals surface area contributed by atoms with Crippen molar-refractivity contribution in [3.05, 3.63) is 29.8 Å². The Kier molecular flexibility index (Phi) is 7.68. The summed E-state index contributed by atoms with van der Waals surface area (Å²) < 4.78 is 5.83. The second-order valence-electron chi connectivity index (χ2n) is 6.03. The Bertz CT molecular complexity index is 375. The van der Waals surface area contributed by atoms with Gasteiger partial charge in [-0.15, -0.1) is 0 Å². The normalized spacial score (nSPS) is 14.3. The summed E-state index contributed by atoms with van der Waals surface area (Å²) in [5, 5.41) is 0. The van der Waals surface area contributed by atoms with Gasteiger partial charge in [0.1, 0.15) is 5.75 Å². The minimum absolute atomic E-state index is 0.604. The maximum Gasteiger partial charge on any atom is 0.119 e. The largest absolute Gasteiger partial charge is 0.494 e. The predicted molar refractivity (Wildman–Crippen MR) is 87.6 cm³/mol. The molecule has 0 aliphatic rings. The summed E-state index contributed by atoms with van der Waals surface area (Å²) in [6.07, 6.45) is 3.48. The Morgan fingerprint density at radius 2 is 1.95 bits per heavy atom. The lowest BCUT2D eigenvalue weighted by atomic mass is 9.85. The first-order valence-electron chi connectivity index (χ1n) is 7.95. The fourth-order valence-electron chi connectivity index (χ4n) is 2.84. The van der Waals surface area contributed by atoms with Crippen molar-refractivity contribution in [3.63, 3.8) is 0 Å². The number of hydrogen-bond acceptors (Lipinski definition) is 2. The highest BCUT2D eigenvalue weighted by atomic mass is 16.5. The molecular formula is C18H31NO. The Morgan fingerprint density at radius 1 is 1.20 bits per heavy atom. The lowest BCUT2D eigenvalue weighted by Crippen LogP contribution is -2.24. The molecule has 20 heavy (non-hydrogen) atoms. The van der Waals surface area contributed by atoms with Crippen molar-refractivity contribution < 1.29 is 4.74 Å². The molecular weight excluding hydrogens is 246 g/mol. The topological polar surface area (TPSA) is 12.5 Å². The standard InChI is InChI=1S/C18H31NO/c1-6-8-12-20-17-11-9-10-16(13-17)18(7-2)15(3)14-19(4)5/h9-11,13,15,18H,6-8,12,14H2,1-5H3/t15-,18+/m0/s1. The molecule has 0 N–H and O–H groups in total. The van der Waals surface area contributed by atoms with E-state index >= 15 is 0 Å². The van der Waals surface area contributed by atoms with E-state index in [1.165, 1.54) is 18.4 Å². The van der Waals surface area contributed by atoms with Gasteiger partial charge in [-0.1, -0.05) is 39.3 Å². The Balaban J connectivity index is 2.74. The fourth-order valence-corrected chi connectivity index (χ4v) is 2.84. The number of hydrogen-bond donors (Lipinski definition) is 0. The minimum atomic E-state index is 0.604. The Labute approximate surface area is 125 Å². The third kappa shape index (κ3) is 5.54. The van der Waals surface area contributed by atoms with Crippen LogP contribution in [0.4, 0.5) is 0 Å². The van der Waals surface area contributed by atoms with Crippen molar-refractivity contribution in [2.75, 3.05) is 27.2 Å². The zero-order chi connectivity index (χ0) is 15.0. The second-order valence-corrected chi connectivity index (χ2v) is 6.03. The first-order valence-corrected chi connectivity index (χ1v) is 7.95. The molecule has 114 valence electrons. The molecule has 2 nitrogen and oxygen atoms in total. The predicted octanol–water partition coefficient (Wildman–Crippen LogP) is 4.56. The average Bonchev–Trinajstić information content (AvgIpc) is 2.39. The molecule has 0 fully saturated rings. The highest BCUT2D eigenvalue weighted by molar-refractivity contribution is 5.31. The van der Waals surface area contributed by atoms with Crippen molar-refractivity contribution in [1.29, 1.82) is 0 Å². The smallest absolute Gasteiger partial charge is 0.119 e. The van der Waals surface area contributed by atoms with Gasteiger partial charge in [0.25, 0.3) is 0 Å². The number of ether oxygens (including phenoxy) is 1. The first-order chi connectivity index (χ1) is 9.58. The van der Waals surface area contributed by atoms with E-state index in [0.717, 1.165) is 25.3 Å². The van der Waals surface area contributed by atoms with Gasteiger partial charge in [-0.3, -0.25) is 0 Å². The highest BCUT2D eigenvalue weighted by Gasteiger charge is 2.18. The number of rotatable bonds is 9. The van der Waals surface area contributed by atoms with E-state index in [4.69, 9.17) is 4.74 Å². The highest BCUT2D eigenvalue weighted by Crippen LogP contribution is 2.30. The molecule has 0 aliphatic heterocycles. The van der Waals surface area contributed by atoms with Gasteiger partial charge in [0, 0.05) is 6.54 Å². The lowest BCUT2D eigenvalue weighted by Gasteiger charge is -2.26. The molecule has 0 saturated carbocycles. The van der Waals surface area contributed by atoms with Crippen LogP contribution in [0.3, 0.4) is 0 Å². The molecule has 0 spiro atoms. The van der Waals surface area contributed by atoms with Crippen LogP contribution in [0.15, 0.2) is 24.3 Å². The molecule has 0 saturated heterocycles.